The lowest BCUT2D eigenvalue weighted by Crippen LogP contribution is -2.28. The molecule has 1 N–H and O–H groups in total. The second kappa shape index (κ2) is 6.14. The maximum absolute atomic E-state index is 11.8. The molecule has 0 amide bonds. The minimum Gasteiger partial charge on any atom is -0.377 e. The van der Waals surface area contributed by atoms with Crippen LogP contribution in [0.2, 0.25) is 0 Å². The van der Waals surface area contributed by atoms with Crippen LogP contribution < -0.4 is 4.72 Å². The number of benzene rings is 1. The molecule has 1 rings (SSSR count). The number of nitrogens with one attached hydrogen (secondary N) is 1. The Morgan fingerprint density at radius 3 is 2.35 bits per heavy atom. The summed E-state index contributed by atoms with van der Waals surface area (Å²) < 4.78 is 31.4. The van der Waals surface area contributed by atoms with Crippen LogP contribution in [0.4, 0.5) is 0 Å². The highest BCUT2D eigenvalue weighted by molar-refractivity contribution is 7.89. The first-order valence-corrected chi connectivity index (χ1v) is 7.08. The van der Waals surface area contributed by atoms with E-state index in [0.717, 1.165) is 5.56 Å². The van der Waals surface area contributed by atoms with Crippen molar-refractivity contribution < 1.29 is 13.2 Å². The Bertz CT molecular complexity index is 437. The van der Waals surface area contributed by atoms with Gasteiger partial charge < -0.3 is 4.74 Å². The maximum Gasteiger partial charge on any atom is 0.240 e. The predicted octanol–water partition coefficient (Wildman–Crippen LogP) is 1.70. The summed E-state index contributed by atoms with van der Waals surface area (Å²) in [5, 5.41) is 0. The molecule has 0 heterocycles. The summed E-state index contributed by atoms with van der Waals surface area (Å²) in [4.78, 5) is 0.285. The highest BCUT2D eigenvalue weighted by Gasteiger charge is 2.12. The van der Waals surface area contributed by atoms with Gasteiger partial charge in [0.1, 0.15) is 0 Å². The number of rotatable bonds is 6. The van der Waals surface area contributed by atoms with Gasteiger partial charge in [-0.05, 0) is 32.9 Å². The van der Waals surface area contributed by atoms with Gasteiger partial charge in [0.15, 0.2) is 0 Å². The summed E-state index contributed by atoms with van der Waals surface area (Å²) in [6.45, 7) is 6.40. The van der Waals surface area contributed by atoms with E-state index in [0.29, 0.717) is 6.61 Å². The highest BCUT2D eigenvalue weighted by Crippen LogP contribution is 2.09. The van der Waals surface area contributed by atoms with Crippen molar-refractivity contribution in [2.24, 2.45) is 0 Å². The molecular formula is C12H19NO3S. The van der Waals surface area contributed by atoms with Crippen molar-refractivity contribution in [3.05, 3.63) is 29.8 Å². The summed E-state index contributed by atoms with van der Waals surface area (Å²) in [7, 11) is -3.40. The van der Waals surface area contributed by atoms with Crippen LogP contribution in [-0.2, 0) is 14.8 Å². The molecule has 96 valence electrons. The second-order valence-corrected chi connectivity index (χ2v) is 5.90. The lowest BCUT2D eigenvalue weighted by Gasteiger charge is -2.09. The SMILES string of the molecule is Cc1ccc(S(=O)(=O)NCCOC(C)C)cc1. The fraction of sp³-hybridized carbons (Fsp3) is 0.500. The molecule has 0 spiro atoms. The van der Waals surface area contributed by atoms with Crippen LogP contribution in [0, 0.1) is 6.92 Å². The Morgan fingerprint density at radius 2 is 1.82 bits per heavy atom. The molecule has 0 aliphatic rings. The lowest BCUT2D eigenvalue weighted by molar-refractivity contribution is 0.0834. The van der Waals surface area contributed by atoms with Gasteiger partial charge >= 0.3 is 0 Å². The van der Waals surface area contributed by atoms with Crippen LogP contribution >= 0.6 is 0 Å². The summed E-state index contributed by atoms with van der Waals surface area (Å²) in [5.74, 6) is 0. The third-order valence-corrected chi connectivity index (χ3v) is 3.65. The fourth-order valence-corrected chi connectivity index (χ4v) is 2.28. The molecule has 17 heavy (non-hydrogen) atoms. The molecular weight excluding hydrogens is 238 g/mol. The summed E-state index contributed by atoms with van der Waals surface area (Å²) in [6.07, 6.45) is 0.110. The van der Waals surface area contributed by atoms with Crippen molar-refractivity contribution in [1.29, 1.82) is 0 Å². The van der Waals surface area contributed by atoms with E-state index in [2.05, 4.69) is 4.72 Å². The first-order chi connectivity index (χ1) is 7.92. The zero-order valence-corrected chi connectivity index (χ0v) is 11.3. The van der Waals surface area contributed by atoms with Crippen LogP contribution in [0.15, 0.2) is 29.2 Å². The third kappa shape index (κ3) is 4.85. The van der Waals surface area contributed by atoms with E-state index in [1.54, 1.807) is 24.3 Å². The number of ether oxygens (including phenoxy) is 1. The Balaban J connectivity index is 2.54. The van der Waals surface area contributed by atoms with E-state index in [-0.39, 0.29) is 17.5 Å². The maximum atomic E-state index is 11.8. The van der Waals surface area contributed by atoms with Crippen molar-refractivity contribution in [2.75, 3.05) is 13.2 Å². The van der Waals surface area contributed by atoms with Crippen LogP contribution in [0.5, 0.6) is 0 Å². The quantitative estimate of drug-likeness (QED) is 0.789. The molecule has 0 saturated heterocycles. The Morgan fingerprint density at radius 1 is 1.24 bits per heavy atom. The molecule has 0 atom stereocenters. The number of hydrogen-bond acceptors (Lipinski definition) is 3. The average molecular weight is 257 g/mol. The van der Waals surface area contributed by atoms with Crippen molar-refractivity contribution in [2.45, 2.75) is 31.8 Å². The molecule has 1 aromatic rings. The summed E-state index contributed by atoms with van der Waals surface area (Å²) in [6, 6.07) is 6.75. The topological polar surface area (TPSA) is 55.4 Å². The van der Waals surface area contributed by atoms with E-state index in [1.807, 2.05) is 20.8 Å². The minimum atomic E-state index is -3.40. The highest BCUT2D eigenvalue weighted by atomic mass is 32.2. The van der Waals surface area contributed by atoms with Crippen molar-refractivity contribution in [3.63, 3.8) is 0 Å². The smallest absolute Gasteiger partial charge is 0.240 e. The van der Waals surface area contributed by atoms with Gasteiger partial charge in [-0.3, -0.25) is 0 Å². The molecule has 0 saturated carbocycles. The van der Waals surface area contributed by atoms with Gasteiger partial charge in [-0.1, -0.05) is 17.7 Å². The zero-order chi connectivity index (χ0) is 12.9. The van der Waals surface area contributed by atoms with Crippen molar-refractivity contribution in [3.8, 4) is 0 Å². The average Bonchev–Trinajstić information content (AvgIpc) is 2.25. The Hall–Kier alpha value is -0.910. The van der Waals surface area contributed by atoms with E-state index in [9.17, 15) is 8.42 Å². The van der Waals surface area contributed by atoms with Crippen LogP contribution in [-0.4, -0.2) is 27.7 Å². The van der Waals surface area contributed by atoms with Crippen LogP contribution in [0.25, 0.3) is 0 Å². The Labute approximate surface area is 103 Å². The van der Waals surface area contributed by atoms with E-state index in [1.165, 1.54) is 0 Å². The van der Waals surface area contributed by atoms with Crippen molar-refractivity contribution >= 4 is 10.0 Å². The molecule has 0 aliphatic carbocycles. The fourth-order valence-electron chi connectivity index (χ4n) is 1.27. The van der Waals surface area contributed by atoms with Gasteiger partial charge in [-0.15, -0.1) is 0 Å². The first-order valence-electron chi connectivity index (χ1n) is 5.60. The zero-order valence-electron chi connectivity index (χ0n) is 10.4. The lowest BCUT2D eigenvalue weighted by atomic mass is 10.2. The monoisotopic (exact) mass is 257 g/mol. The molecule has 0 aliphatic heterocycles. The van der Waals surface area contributed by atoms with Gasteiger partial charge in [0, 0.05) is 6.54 Å². The standard InChI is InChI=1S/C12H19NO3S/c1-10(2)16-9-8-13-17(14,15)12-6-4-11(3)5-7-12/h4-7,10,13H,8-9H2,1-3H3. The van der Waals surface area contributed by atoms with E-state index < -0.39 is 10.0 Å². The molecule has 0 aromatic heterocycles. The van der Waals surface area contributed by atoms with Crippen LogP contribution in [0.3, 0.4) is 0 Å². The predicted molar refractivity (Wildman–Crippen MR) is 67.5 cm³/mol. The van der Waals surface area contributed by atoms with E-state index >= 15 is 0 Å². The molecule has 0 radical (unpaired) electrons. The largest absolute Gasteiger partial charge is 0.377 e. The van der Waals surface area contributed by atoms with Gasteiger partial charge in [0.2, 0.25) is 10.0 Å². The molecule has 0 bridgehead atoms. The molecule has 5 heteroatoms. The van der Waals surface area contributed by atoms with E-state index in [4.69, 9.17) is 4.74 Å². The van der Waals surface area contributed by atoms with Gasteiger partial charge in [0.25, 0.3) is 0 Å². The first kappa shape index (κ1) is 14.2. The normalized spacial score (nSPS) is 12.0. The van der Waals surface area contributed by atoms with Gasteiger partial charge in [0.05, 0.1) is 17.6 Å². The minimum absolute atomic E-state index is 0.110. The summed E-state index contributed by atoms with van der Waals surface area (Å²) in [5.41, 5.74) is 1.03. The Kier molecular flexibility index (Phi) is 5.11. The molecule has 1 aromatic carbocycles. The van der Waals surface area contributed by atoms with Crippen molar-refractivity contribution in [1.82, 2.24) is 4.72 Å². The number of aryl methyl sites for hydroxylation is 1. The molecule has 0 unspecified atom stereocenters. The van der Waals surface area contributed by atoms with Crippen LogP contribution in [0.1, 0.15) is 19.4 Å². The molecule has 4 nitrogen and oxygen atoms in total. The van der Waals surface area contributed by atoms with Gasteiger partial charge in [-0.2, -0.15) is 0 Å². The number of hydrogen-bond donors (Lipinski definition) is 1. The summed E-state index contributed by atoms with van der Waals surface area (Å²) >= 11 is 0. The second-order valence-electron chi connectivity index (χ2n) is 4.13. The van der Waals surface area contributed by atoms with Gasteiger partial charge in [-0.25, -0.2) is 13.1 Å². The number of sulfonamides is 1. The third-order valence-electron chi connectivity index (χ3n) is 2.18. The molecule has 0 fully saturated rings.